The van der Waals surface area contributed by atoms with Gasteiger partial charge in [0.05, 0.1) is 12.8 Å². The van der Waals surface area contributed by atoms with Crippen LogP contribution in [0.25, 0.3) is 0 Å². The Morgan fingerprint density at radius 1 is 1.20 bits per heavy atom. The van der Waals surface area contributed by atoms with Crippen LogP contribution in [0.3, 0.4) is 0 Å². The molecule has 0 N–H and O–H groups in total. The molecule has 0 spiro atoms. The van der Waals surface area contributed by atoms with Gasteiger partial charge in [-0.25, -0.2) is 4.39 Å². The van der Waals surface area contributed by atoms with Gasteiger partial charge in [0, 0.05) is 25.2 Å². The number of aliphatic imine (C=N–C) groups is 1. The van der Waals surface area contributed by atoms with E-state index < -0.39 is 0 Å². The van der Waals surface area contributed by atoms with Crippen LogP contribution in [0.5, 0.6) is 5.75 Å². The highest BCUT2D eigenvalue weighted by molar-refractivity contribution is 5.80. The second kappa shape index (κ2) is 6.96. The predicted octanol–water partition coefficient (Wildman–Crippen LogP) is 4.47. The Morgan fingerprint density at radius 2 is 2.12 bits per heavy atom. The van der Waals surface area contributed by atoms with E-state index in [0.29, 0.717) is 0 Å². The van der Waals surface area contributed by atoms with Crippen molar-refractivity contribution in [2.75, 3.05) is 20.2 Å². The van der Waals surface area contributed by atoms with Crippen LogP contribution in [0.4, 0.5) is 10.1 Å². The molecular formula is C21H23FN2O. The van der Waals surface area contributed by atoms with Gasteiger partial charge in [0.15, 0.2) is 0 Å². The van der Waals surface area contributed by atoms with E-state index in [4.69, 9.17) is 4.74 Å². The maximum Gasteiger partial charge on any atom is 0.123 e. The topological polar surface area (TPSA) is 24.8 Å². The van der Waals surface area contributed by atoms with Gasteiger partial charge in [-0.15, -0.1) is 0 Å². The van der Waals surface area contributed by atoms with Gasteiger partial charge < -0.3 is 4.74 Å². The number of nitrogens with zero attached hydrogens (tertiary/aromatic N) is 2. The van der Waals surface area contributed by atoms with Crippen molar-refractivity contribution in [3.63, 3.8) is 0 Å². The summed E-state index contributed by atoms with van der Waals surface area (Å²) >= 11 is 0. The lowest BCUT2D eigenvalue weighted by Crippen LogP contribution is -2.31. The summed E-state index contributed by atoms with van der Waals surface area (Å²) in [5, 5.41) is 0. The van der Waals surface area contributed by atoms with Crippen LogP contribution in [0.2, 0.25) is 0 Å². The number of hydrogen-bond donors (Lipinski definition) is 0. The van der Waals surface area contributed by atoms with Gasteiger partial charge in [-0.2, -0.15) is 0 Å². The molecular weight excluding hydrogens is 315 g/mol. The van der Waals surface area contributed by atoms with Crippen molar-refractivity contribution < 1.29 is 9.13 Å². The Labute approximate surface area is 148 Å². The minimum Gasteiger partial charge on any atom is -0.497 e. The summed E-state index contributed by atoms with van der Waals surface area (Å²) in [6, 6.07) is 11.3. The van der Waals surface area contributed by atoms with Crippen LogP contribution in [-0.4, -0.2) is 31.3 Å². The van der Waals surface area contributed by atoms with Crippen LogP contribution >= 0.6 is 0 Å². The second-order valence-corrected chi connectivity index (χ2v) is 6.89. The Bertz CT molecular complexity index is 802. The zero-order valence-corrected chi connectivity index (χ0v) is 14.5. The van der Waals surface area contributed by atoms with Crippen LogP contribution in [0.1, 0.15) is 35.4 Å². The normalized spacial score (nSPS) is 18.9. The van der Waals surface area contributed by atoms with Crippen LogP contribution in [0, 0.1) is 5.82 Å². The van der Waals surface area contributed by atoms with E-state index in [2.05, 4.69) is 22.0 Å². The molecule has 2 heterocycles. The molecule has 0 aromatic heterocycles. The van der Waals surface area contributed by atoms with E-state index in [1.54, 1.807) is 19.2 Å². The van der Waals surface area contributed by atoms with Crippen LogP contribution in [-0.2, 0) is 13.0 Å². The molecule has 4 rings (SSSR count). The maximum absolute atomic E-state index is 13.5. The van der Waals surface area contributed by atoms with Gasteiger partial charge in [-0.05, 0) is 72.8 Å². The number of fused-ring (bicyclic) bond motifs is 2. The highest BCUT2D eigenvalue weighted by Gasteiger charge is 2.21. The van der Waals surface area contributed by atoms with Gasteiger partial charge >= 0.3 is 0 Å². The van der Waals surface area contributed by atoms with E-state index in [-0.39, 0.29) is 11.7 Å². The van der Waals surface area contributed by atoms with Crippen molar-refractivity contribution in [2.24, 2.45) is 4.99 Å². The lowest BCUT2D eigenvalue weighted by Gasteiger charge is -2.29. The van der Waals surface area contributed by atoms with Gasteiger partial charge in [-0.3, -0.25) is 9.89 Å². The van der Waals surface area contributed by atoms with Crippen LogP contribution in [0.15, 0.2) is 41.4 Å². The molecule has 3 nitrogen and oxygen atoms in total. The quantitative estimate of drug-likeness (QED) is 0.803. The van der Waals surface area contributed by atoms with Crippen molar-refractivity contribution in [3.8, 4) is 5.75 Å². The molecule has 0 aliphatic carbocycles. The first kappa shape index (κ1) is 16.3. The molecule has 1 atom stereocenters. The third kappa shape index (κ3) is 3.45. The Kier molecular flexibility index (Phi) is 4.53. The smallest absolute Gasteiger partial charge is 0.123 e. The molecule has 0 amide bonds. The zero-order chi connectivity index (χ0) is 17.2. The Balaban J connectivity index is 1.32. The third-order valence-corrected chi connectivity index (χ3v) is 5.28. The van der Waals surface area contributed by atoms with E-state index in [0.717, 1.165) is 55.9 Å². The molecule has 25 heavy (non-hydrogen) atoms. The predicted molar refractivity (Wildman–Crippen MR) is 98.5 cm³/mol. The highest BCUT2D eigenvalue weighted by atomic mass is 19.1. The van der Waals surface area contributed by atoms with Gasteiger partial charge in [0.1, 0.15) is 11.6 Å². The minimum atomic E-state index is -0.169. The molecule has 0 fully saturated rings. The second-order valence-electron chi connectivity index (χ2n) is 6.89. The molecule has 2 aromatic carbocycles. The zero-order valence-electron chi connectivity index (χ0n) is 14.5. The molecule has 4 heteroatoms. The first-order valence-electron chi connectivity index (χ1n) is 8.95. The molecule has 130 valence electrons. The Hall–Kier alpha value is -2.20. The maximum atomic E-state index is 13.5. The number of methoxy groups -OCH3 is 1. The van der Waals surface area contributed by atoms with Gasteiger partial charge in [-0.1, -0.05) is 6.07 Å². The van der Waals surface area contributed by atoms with Crippen molar-refractivity contribution in [3.05, 3.63) is 58.9 Å². The standard InChI is InChI=1S/C21H23FN2O/c1-25-19-6-4-17-14-24(10-8-15(17)11-19)9-2-3-16-13-23-21-7-5-18(22)12-20(16)21/h4-7,11-13,16H,2-3,8-10,14H2,1H3. The largest absolute Gasteiger partial charge is 0.497 e. The molecule has 2 aliphatic rings. The summed E-state index contributed by atoms with van der Waals surface area (Å²) in [6.45, 7) is 3.16. The molecule has 0 saturated carbocycles. The van der Waals surface area contributed by atoms with Crippen molar-refractivity contribution in [2.45, 2.75) is 31.7 Å². The fourth-order valence-corrected chi connectivity index (χ4v) is 3.86. The van der Waals surface area contributed by atoms with Gasteiger partial charge in [0.25, 0.3) is 0 Å². The minimum absolute atomic E-state index is 0.169. The van der Waals surface area contributed by atoms with E-state index >= 15 is 0 Å². The summed E-state index contributed by atoms with van der Waals surface area (Å²) in [4.78, 5) is 6.92. The summed E-state index contributed by atoms with van der Waals surface area (Å²) in [6.07, 6.45) is 5.16. The lowest BCUT2D eigenvalue weighted by molar-refractivity contribution is 0.248. The summed E-state index contributed by atoms with van der Waals surface area (Å²) in [5.74, 6) is 1.03. The average molecular weight is 338 g/mol. The molecule has 0 saturated heterocycles. The van der Waals surface area contributed by atoms with Gasteiger partial charge in [0.2, 0.25) is 0 Å². The third-order valence-electron chi connectivity index (χ3n) is 5.28. The number of hydrogen-bond acceptors (Lipinski definition) is 3. The summed E-state index contributed by atoms with van der Waals surface area (Å²) < 4.78 is 18.8. The monoisotopic (exact) mass is 338 g/mol. The summed E-state index contributed by atoms with van der Waals surface area (Å²) in [7, 11) is 1.72. The SMILES string of the molecule is COc1ccc2c(c1)CCN(CCCC1C=Nc3ccc(F)cc31)C2. The highest BCUT2D eigenvalue weighted by Crippen LogP contribution is 2.35. The molecule has 2 aliphatic heterocycles. The number of rotatable bonds is 5. The number of halogens is 1. The van der Waals surface area contributed by atoms with E-state index in [9.17, 15) is 4.39 Å². The fourth-order valence-electron chi connectivity index (χ4n) is 3.86. The molecule has 0 radical (unpaired) electrons. The number of ether oxygens (including phenoxy) is 1. The van der Waals surface area contributed by atoms with Crippen molar-refractivity contribution in [1.29, 1.82) is 0 Å². The summed E-state index contributed by atoms with van der Waals surface area (Å²) in [5.41, 5.74) is 4.77. The Morgan fingerprint density at radius 3 is 3.00 bits per heavy atom. The molecule has 0 bridgehead atoms. The molecule has 2 aromatic rings. The first-order chi connectivity index (χ1) is 12.2. The average Bonchev–Trinajstić information content (AvgIpc) is 3.03. The van der Waals surface area contributed by atoms with E-state index in [1.807, 2.05) is 12.3 Å². The fraction of sp³-hybridized carbons (Fsp3) is 0.381. The molecule has 1 unspecified atom stereocenters. The first-order valence-corrected chi connectivity index (χ1v) is 8.95. The lowest BCUT2D eigenvalue weighted by atomic mass is 9.95. The van der Waals surface area contributed by atoms with Crippen LogP contribution < -0.4 is 4.74 Å². The number of benzene rings is 2. The van der Waals surface area contributed by atoms with E-state index in [1.165, 1.54) is 17.2 Å². The van der Waals surface area contributed by atoms with Crippen molar-refractivity contribution >= 4 is 11.9 Å². The van der Waals surface area contributed by atoms with Crippen molar-refractivity contribution in [1.82, 2.24) is 4.90 Å².